The van der Waals surface area contributed by atoms with Crippen LogP contribution in [0.4, 0.5) is 4.79 Å². The highest BCUT2D eigenvalue weighted by Crippen LogP contribution is 1.69. The summed E-state index contributed by atoms with van der Waals surface area (Å²) in [4.78, 5) is 9.00. The Balaban J connectivity index is 0. The van der Waals surface area contributed by atoms with Gasteiger partial charge in [0.1, 0.15) is 0 Å². The first kappa shape index (κ1) is 11.3. The van der Waals surface area contributed by atoms with Gasteiger partial charge in [-0.05, 0) is 0 Å². The number of urea groups is 1. The number of hydrogen-bond acceptors (Lipinski definition) is 1. The fraction of sp³-hybridized carbons (Fsp3) is 0. The monoisotopic (exact) mass is 140 g/mol. The van der Waals surface area contributed by atoms with Crippen LogP contribution in [0.1, 0.15) is 0 Å². The molecule has 0 saturated heterocycles. The molecule has 3 heteroatoms. The fourth-order valence-electron chi connectivity index (χ4n) is 0.157. The highest BCUT2D eigenvalue weighted by atomic mass is 16.2. The zero-order valence-electron chi connectivity index (χ0n) is 5.79. The minimum Gasteiger partial charge on any atom is -0.352 e. The van der Waals surface area contributed by atoms with E-state index in [1.807, 2.05) is 12.2 Å². The summed E-state index contributed by atoms with van der Waals surface area (Å²) in [5.41, 5.74) is 8.50. The molecular weight excluding hydrogens is 128 g/mol. The first-order valence-electron chi connectivity index (χ1n) is 2.60. The molecule has 0 fully saturated rings. The zero-order valence-corrected chi connectivity index (χ0v) is 5.79. The lowest BCUT2D eigenvalue weighted by atomic mass is 10.5. The minimum atomic E-state index is -0.833. The van der Waals surface area contributed by atoms with E-state index in [9.17, 15) is 0 Å². The van der Waals surface area contributed by atoms with Gasteiger partial charge in [0.05, 0.1) is 0 Å². The molecule has 0 aromatic rings. The van der Waals surface area contributed by atoms with Gasteiger partial charge in [-0.3, -0.25) is 0 Å². The number of amides is 2. The van der Waals surface area contributed by atoms with Crippen LogP contribution >= 0.6 is 0 Å². The standard InChI is InChI=1S/C6H8.CH4N2O/c1-3-5-6-4-2;2-1(3)4/h3-6H,1-2H2;(H4,2,3,4). The predicted molar refractivity (Wildman–Crippen MR) is 43.3 cm³/mol. The Morgan fingerprint density at radius 3 is 1.40 bits per heavy atom. The Morgan fingerprint density at radius 1 is 1.10 bits per heavy atom. The number of hydrogen-bond donors (Lipinski definition) is 2. The predicted octanol–water partition coefficient (Wildman–Crippen LogP) is 0.938. The topological polar surface area (TPSA) is 69.1 Å². The summed E-state index contributed by atoms with van der Waals surface area (Å²) in [6.45, 7) is 6.93. The van der Waals surface area contributed by atoms with Crippen LogP contribution in [-0.4, -0.2) is 6.03 Å². The second kappa shape index (κ2) is 10.5. The van der Waals surface area contributed by atoms with Crippen molar-refractivity contribution in [1.29, 1.82) is 0 Å². The van der Waals surface area contributed by atoms with Crippen molar-refractivity contribution in [1.82, 2.24) is 0 Å². The Labute approximate surface area is 60.7 Å². The largest absolute Gasteiger partial charge is 0.352 e. The van der Waals surface area contributed by atoms with Crippen LogP contribution < -0.4 is 11.5 Å². The molecule has 2 amide bonds. The molecule has 0 aromatic heterocycles. The van der Waals surface area contributed by atoms with Gasteiger partial charge in [-0.2, -0.15) is 0 Å². The minimum absolute atomic E-state index is 0.833. The van der Waals surface area contributed by atoms with Crippen molar-refractivity contribution in [3.05, 3.63) is 37.5 Å². The van der Waals surface area contributed by atoms with E-state index in [4.69, 9.17) is 4.79 Å². The van der Waals surface area contributed by atoms with Gasteiger partial charge in [0, 0.05) is 0 Å². The molecule has 0 bridgehead atoms. The average Bonchev–Trinajstić information content (AvgIpc) is 1.82. The van der Waals surface area contributed by atoms with Gasteiger partial charge in [0.25, 0.3) is 0 Å². The third-order valence-electron chi connectivity index (χ3n) is 0.383. The van der Waals surface area contributed by atoms with Gasteiger partial charge >= 0.3 is 6.03 Å². The van der Waals surface area contributed by atoms with E-state index in [1.54, 1.807) is 12.2 Å². The summed E-state index contributed by atoms with van der Waals surface area (Å²) < 4.78 is 0. The Morgan fingerprint density at radius 2 is 1.30 bits per heavy atom. The van der Waals surface area contributed by atoms with Gasteiger partial charge in [-0.25, -0.2) is 4.79 Å². The third kappa shape index (κ3) is 88.1. The quantitative estimate of drug-likeness (QED) is 0.550. The molecule has 0 aromatic carbocycles. The smallest absolute Gasteiger partial charge is 0.309 e. The maximum Gasteiger partial charge on any atom is 0.309 e. The van der Waals surface area contributed by atoms with Crippen LogP contribution in [0.3, 0.4) is 0 Å². The SMILES string of the molecule is C=CC=CC=C.NC(N)=O. The number of carbonyl (C=O) groups is 1. The fourth-order valence-corrected chi connectivity index (χ4v) is 0.157. The van der Waals surface area contributed by atoms with Crippen molar-refractivity contribution < 1.29 is 4.79 Å². The molecule has 56 valence electrons. The van der Waals surface area contributed by atoms with Gasteiger partial charge in [0.15, 0.2) is 0 Å². The van der Waals surface area contributed by atoms with Crippen LogP contribution in [0.15, 0.2) is 37.5 Å². The molecule has 0 saturated carbocycles. The third-order valence-corrected chi connectivity index (χ3v) is 0.383. The van der Waals surface area contributed by atoms with Crippen molar-refractivity contribution in [3.63, 3.8) is 0 Å². The molecule has 0 aliphatic carbocycles. The first-order chi connectivity index (χ1) is 4.65. The first-order valence-corrected chi connectivity index (χ1v) is 2.60. The van der Waals surface area contributed by atoms with E-state index >= 15 is 0 Å². The highest BCUT2D eigenvalue weighted by molar-refractivity contribution is 5.69. The Hall–Kier alpha value is -1.51. The Bertz CT molecular complexity index is 125. The lowest BCUT2D eigenvalue weighted by Crippen LogP contribution is -2.18. The van der Waals surface area contributed by atoms with E-state index in [2.05, 4.69) is 24.6 Å². The lowest BCUT2D eigenvalue weighted by molar-refractivity contribution is 0.256. The molecule has 0 radical (unpaired) electrons. The van der Waals surface area contributed by atoms with Gasteiger partial charge in [-0.1, -0.05) is 37.5 Å². The summed E-state index contributed by atoms with van der Waals surface area (Å²) in [5.74, 6) is 0. The van der Waals surface area contributed by atoms with Gasteiger partial charge < -0.3 is 11.5 Å². The molecule has 0 aliphatic heterocycles. The molecule has 0 atom stereocenters. The van der Waals surface area contributed by atoms with E-state index in [0.29, 0.717) is 0 Å². The lowest BCUT2D eigenvalue weighted by Gasteiger charge is -1.62. The van der Waals surface area contributed by atoms with Crippen molar-refractivity contribution in [2.75, 3.05) is 0 Å². The van der Waals surface area contributed by atoms with E-state index in [1.165, 1.54) is 0 Å². The maximum atomic E-state index is 9.00. The van der Waals surface area contributed by atoms with E-state index in [0.717, 1.165) is 0 Å². The number of carbonyl (C=O) groups excluding carboxylic acids is 1. The number of nitrogens with two attached hydrogens (primary N) is 2. The molecular formula is C7H12N2O. The Kier molecular flexibility index (Phi) is 11.8. The maximum absolute atomic E-state index is 9.00. The molecule has 0 unspecified atom stereocenters. The molecule has 4 N–H and O–H groups in total. The summed E-state index contributed by atoms with van der Waals surface area (Å²) in [6.07, 6.45) is 7.07. The van der Waals surface area contributed by atoms with Crippen LogP contribution in [0.2, 0.25) is 0 Å². The van der Waals surface area contributed by atoms with Gasteiger partial charge in [-0.15, -0.1) is 0 Å². The van der Waals surface area contributed by atoms with Gasteiger partial charge in [0.2, 0.25) is 0 Å². The summed E-state index contributed by atoms with van der Waals surface area (Å²) >= 11 is 0. The van der Waals surface area contributed by atoms with Crippen LogP contribution in [-0.2, 0) is 0 Å². The molecule has 0 rings (SSSR count). The molecule has 0 aliphatic rings. The molecule has 0 spiro atoms. The second-order valence-electron chi connectivity index (χ2n) is 1.26. The summed E-state index contributed by atoms with van der Waals surface area (Å²) in [6, 6.07) is -0.833. The molecule has 0 heterocycles. The number of rotatable bonds is 2. The average molecular weight is 140 g/mol. The van der Waals surface area contributed by atoms with E-state index in [-0.39, 0.29) is 0 Å². The zero-order chi connectivity index (χ0) is 8.41. The van der Waals surface area contributed by atoms with E-state index < -0.39 is 6.03 Å². The second-order valence-corrected chi connectivity index (χ2v) is 1.26. The van der Waals surface area contributed by atoms with Crippen molar-refractivity contribution in [3.8, 4) is 0 Å². The highest BCUT2D eigenvalue weighted by Gasteiger charge is 1.60. The number of allylic oxidation sites excluding steroid dienone is 4. The van der Waals surface area contributed by atoms with Crippen molar-refractivity contribution in [2.45, 2.75) is 0 Å². The molecule has 10 heavy (non-hydrogen) atoms. The van der Waals surface area contributed by atoms with Crippen LogP contribution in [0, 0.1) is 0 Å². The van der Waals surface area contributed by atoms with Crippen molar-refractivity contribution >= 4 is 6.03 Å². The summed E-state index contributed by atoms with van der Waals surface area (Å²) in [5, 5.41) is 0. The summed E-state index contributed by atoms with van der Waals surface area (Å²) in [7, 11) is 0. The normalized spacial score (nSPS) is 7.60. The number of primary amides is 2. The van der Waals surface area contributed by atoms with Crippen LogP contribution in [0.25, 0.3) is 0 Å². The molecule has 3 nitrogen and oxygen atoms in total. The van der Waals surface area contributed by atoms with Crippen molar-refractivity contribution in [2.24, 2.45) is 11.5 Å². The van der Waals surface area contributed by atoms with Crippen LogP contribution in [0.5, 0.6) is 0 Å².